The molecule has 1 aliphatic rings. The van der Waals surface area contributed by atoms with E-state index in [1.54, 1.807) is 53.9 Å². The second kappa shape index (κ2) is 11.4. The topological polar surface area (TPSA) is 97.3 Å². The molecule has 2 aromatic carbocycles. The number of benzene rings is 2. The number of esters is 1. The number of amides is 1. The number of alkyl carbamates (subject to hydrolysis) is 1. The van der Waals surface area contributed by atoms with Crippen LogP contribution in [-0.2, 0) is 23.9 Å². The van der Waals surface area contributed by atoms with Crippen LogP contribution in [0.15, 0.2) is 24.3 Å². The molecule has 38 heavy (non-hydrogen) atoms. The van der Waals surface area contributed by atoms with Gasteiger partial charge in [0.25, 0.3) is 0 Å². The fraction of sp³-hybridized carbons (Fsp3) is 0.500. The molecule has 0 spiro atoms. The highest BCUT2D eigenvalue weighted by atomic mass is 32.1. The van der Waals surface area contributed by atoms with Gasteiger partial charge in [-0.1, -0.05) is 0 Å². The van der Waals surface area contributed by atoms with Gasteiger partial charge < -0.3 is 29.5 Å². The Morgan fingerprint density at radius 3 is 2.37 bits per heavy atom. The largest absolute Gasteiger partial charge is 0.507 e. The van der Waals surface area contributed by atoms with Gasteiger partial charge in [-0.2, -0.15) is 0 Å². The van der Waals surface area contributed by atoms with Gasteiger partial charge in [0.15, 0.2) is 0 Å². The fourth-order valence-electron chi connectivity index (χ4n) is 4.42. The molecule has 2 aromatic rings. The average Bonchev–Trinajstić information content (AvgIpc) is 2.73. The number of rotatable bonds is 8. The maximum absolute atomic E-state index is 15.6. The molecule has 1 heterocycles. The van der Waals surface area contributed by atoms with E-state index in [-0.39, 0.29) is 29.6 Å². The van der Waals surface area contributed by atoms with Crippen LogP contribution in [0.2, 0.25) is 0 Å². The Balaban J connectivity index is 2.07. The number of methoxy groups -OCH3 is 1. The van der Waals surface area contributed by atoms with E-state index in [1.807, 2.05) is 13.0 Å². The number of hydrogen-bond donors (Lipinski definition) is 3. The molecular weight excluding hydrogens is 511 g/mol. The summed E-state index contributed by atoms with van der Waals surface area (Å²) in [4.78, 5) is 25.5. The molecule has 1 aliphatic heterocycles. The maximum atomic E-state index is 15.6. The van der Waals surface area contributed by atoms with Crippen LogP contribution in [0, 0.1) is 19.7 Å². The molecule has 1 saturated heterocycles. The third kappa shape index (κ3) is 6.71. The predicted molar refractivity (Wildman–Crippen MR) is 147 cm³/mol. The quantitative estimate of drug-likeness (QED) is 0.237. The third-order valence-corrected chi connectivity index (χ3v) is 6.76. The first kappa shape index (κ1) is 29.6. The van der Waals surface area contributed by atoms with Crippen molar-refractivity contribution < 1.29 is 33.3 Å². The van der Waals surface area contributed by atoms with Crippen LogP contribution in [0.1, 0.15) is 50.8 Å². The zero-order chi connectivity index (χ0) is 28.4. The number of aryl methyl sites for hydroxylation is 2. The van der Waals surface area contributed by atoms with Crippen molar-refractivity contribution in [1.82, 2.24) is 5.32 Å². The van der Waals surface area contributed by atoms with Gasteiger partial charge in [-0.3, -0.25) is 4.79 Å². The van der Waals surface area contributed by atoms with Crippen LogP contribution < -0.4 is 10.2 Å². The van der Waals surface area contributed by atoms with Crippen molar-refractivity contribution in [2.45, 2.75) is 64.5 Å². The van der Waals surface area contributed by atoms with Gasteiger partial charge >= 0.3 is 12.1 Å². The van der Waals surface area contributed by atoms with Gasteiger partial charge in [0.2, 0.25) is 0 Å². The summed E-state index contributed by atoms with van der Waals surface area (Å²) < 4.78 is 31.4. The normalized spacial score (nSPS) is 15.4. The number of hydrogen-bond acceptors (Lipinski definition) is 8. The first-order valence-corrected chi connectivity index (χ1v) is 12.9. The lowest BCUT2D eigenvalue weighted by atomic mass is 9.91. The summed E-state index contributed by atoms with van der Waals surface area (Å²) in [5.74, 6) is -1.30. The van der Waals surface area contributed by atoms with Crippen LogP contribution in [0.25, 0.3) is 11.1 Å². The molecule has 0 bridgehead atoms. The highest BCUT2D eigenvalue weighted by Crippen LogP contribution is 2.41. The molecular formula is C28H37FN2O6S. The summed E-state index contributed by atoms with van der Waals surface area (Å²) in [7, 11) is 1.67. The molecule has 0 saturated carbocycles. The first-order chi connectivity index (χ1) is 17.7. The molecule has 3 rings (SSSR count). The van der Waals surface area contributed by atoms with Crippen molar-refractivity contribution in [2.24, 2.45) is 0 Å². The minimum atomic E-state index is -1.80. The zero-order valence-corrected chi connectivity index (χ0v) is 23.9. The molecule has 10 heteroatoms. The van der Waals surface area contributed by atoms with Gasteiger partial charge in [0.1, 0.15) is 22.0 Å². The van der Waals surface area contributed by atoms with Gasteiger partial charge in [-0.25, -0.2) is 9.18 Å². The smallest absolute Gasteiger partial charge is 0.409 e. The summed E-state index contributed by atoms with van der Waals surface area (Å²) in [6.07, 6.45) is -1.17. The molecule has 2 N–H and O–H groups in total. The molecule has 208 valence electrons. The number of nitrogens with one attached hydrogen (secondary N) is 1. The van der Waals surface area contributed by atoms with E-state index >= 15 is 4.39 Å². The summed E-state index contributed by atoms with van der Waals surface area (Å²) in [6.45, 7) is 11.7. The van der Waals surface area contributed by atoms with Gasteiger partial charge in [-0.05, 0) is 76.4 Å². The van der Waals surface area contributed by atoms with Gasteiger partial charge in [0.05, 0.1) is 19.1 Å². The van der Waals surface area contributed by atoms with Crippen molar-refractivity contribution in [1.29, 1.82) is 0 Å². The number of carbonyl (C=O) groups excluding carboxylic acids is 2. The highest BCUT2D eigenvalue weighted by molar-refractivity contribution is 7.81. The number of ether oxygens (including phenoxy) is 3. The summed E-state index contributed by atoms with van der Waals surface area (Å²) >= 11 is 4.61. The SMILES string of the molecule is CCOC(=O)C[C@@](S)(NC(=O)OC(C)(C)C)c1cc(-c2c(C)cc(N3CC(OC)C3)cc2O)cc(C)c1F. The summed E-state index contributed by atoms with van der Waals surface area (Å²) in [6, 6.07) is 6.71. The van der Waals surface area contributed by atoms with E-state index in [0.29, 0.717) is 11.1 Å². The molecule has 1 atom stereocenters. The predicted octanol–water partition coefficient (Wildman–Crippen LogP) is 5.21. The number of nitrogens with zero attached hydrogens (tertiary/aromatic N) is 1. The fourth-order valence-corrected chi connectivity index (χ4v) is 4.80. The van der Waals surface area contributed by atoms with Crippen LogP contribution >= 0.6 is 12.6 Å². The van der Waals surface area contributed by atoms with Crippen LogP contribution in [0.3, 0.4) is 0 Å². The lowest BCUT2D eigenvalue weighted by molar-refractivity contribution is -0.144. The number of thiol groups is 1. The Hall–Kier alpha value is -2.98. The second-order valence-electron chi connectivity index (χ2n) is 10.5. The zero-order valence-electron chi connectivity index (χ0n) is 23.0. The molecule has 0 unspecified atom stereocenters. The average molecular weight is 549 g/mol. The third-order valence-electron chi connectivity index (χ3n) is 6.25. The number of anilines is 1. The Bertz CT molecular complexity index is 1190. The van der Waals surface area contributed by atoms with E-state index in [0.717, 1.165) is 24.3 Å². The van der Waals surface area contributed by atoms with Gasteiger partial charge in [0, 0.05) is 43.1 Å². The molecule has 8 nitrogen and oxygen atoms in total. The standard InChI is InChI=1S/C28H37FN2O6S/c1-8-36-23(33)13-28(38,30-26(34)37-27(4,5)6)21-11-18(9-17(3)25(21)29)24-16(2)10-19(12-22(24)32)31-14-20(15-31)35-7/h9-12,20,32,38H,8,13-15H2,1-7H3,(H,30,34)/t28-/m0/s1. The number of carbonyl (C=O) groups is 2. The minimum Gasteiger partial charge on any atom is -0.507 e. The van der Waals surface area contributed by atoms with E-state index in [2.05, 4.69) is 22.8 Å². The minimum absolute atomic E-state index is 0.0214. The number of phenolic OH excluding ortho intramolecular Hbond substituents is 1. The monoisotopic (exact) mass is 548 g/mol. The molecule has 0 aliphatic carbocycles. The van der Waals surface area contributed by atoms with Crippen molar-refractivity contribution in [3.63, 3.8) is 0 Å². The van der Waals surface area contributed by atoms with E-state index in [1.165, 1.54) is 6.07 Å². The Morgan fingerprint density at radius 2 is 1.82 bits per heavy atom. The van der Waals surface area contributed by atoms with Crippen LogP contribution in [0.5, 0.6) is 5.75 Å². The summed E-state index contributed by atoms with van der Waals surface area (Å²) in [5, 5.41) is 13.6. The molecule has 0 radical (unpaired) electrons. The number of phenols is 1. The van der Waals surface area contributed by atoms with Crippen molar-refractivity contribution >= 4 is 30.4 Å². The van der Waals surface area contributed by atoms with E-state index < -0.39 is 34.8 Å². The number of halogens is 1. The van der Waals surface area contributed by atoms with Crippen LogP contribution in [-0.4, -0.2) is 55.7 Å². The lowest BCUT2D eigenvalue weighted by Crippen LogP contribution is -2.51. The van der Waals surface area contributed by atoms with Crippen LogP contribution in [0.4, 0.5) is 14.9 Å². The molecule has 0 aromatic heterocycles. The lowest BCUT2D eigenvalue weighted by Gasteiger charge is -2.40. The number of aromatic hydroxyl groups is 1. The Labute approximate surface area is 228 Å². The van der Waals surface area contributed by atoms with Crippen molar-refractivity contribution in [3.05, 3.63) is 46.8 Å². The molecule has 1 fully saturated rings. The van der Waals surface area contributed by atoms with Crippen molar-refractivity contribution in [3.8, 4) is 16.9 Å². The maximum Gasteiger partial charge on any atom is 0.409 e. The van der Waals surface area contributed by atoms with Crippen molar-refractivity contribution in [2.75, 3.05) is 31.7 Å². The second-order valence-corrected chi connectivity index (χ2v) is 11.3. The Morgan fingerprint density at radius 1 is 1.16 bits per heavy atom. The Kier molecular flexibility index (Phi) is 8.88. The van der Waals surface area contributed by atoms with E-state index in [4.69, 9.17) is 14.2 Å². The van der Waals surface area contributed by atoms with E-state index in [9.17, 15) is 14.7 Å². The highest BCUT2D eigenvalue weighted by Gasteiger charge is 2.38. The molecule has 1 amide bonds. The first-order valence-electron chi connectivity index (χ1n) is 12.5. The summed E-state index contributed by atoms with van der Waals surface area (Å²) in [5.41, 5.74) is 2.01. The van der Waals surface area contributed by atoms with Gasteiger partial charge in [-0.15, -0.1) is 12.6 Å².